The molecule has 0 radical (unpaired) electrons. The minimum Gasteiger partial charge on any atom is -0.495 e. The van der Waals surface area contributed by atoms with Crippen LogP contribution in [0.5, 0.6) is 5.75 Å². The quantitative estimate of drug-likeness (QED) is 0.768. The maximum absolute atomic E-state index is 13.3. The van der Waals surface area contributed by atoms with E-state index in [0.717, 1.165) is 24.1 Å². The van der Waals surface area contributed by atoms with E-state index in [2.05, 4.69) is 5.32 Å². The van der Waals surface area contributed by atoms with Gasteiger partial charge in [0, 0.05) is 23.0 Å². The lowest BCUT2D eigenvalue weighted by Gasteiger charge is -2.32. The Morgan fingerprint density at radius 1 is 1.32 bits per heavy atom. The Morgan fingerprint density at radius 3 is 2.75 bits per heavy atom. The summed E-state index contributed by atoms with van der Waals surface area (Å²) in [5, 5.41) is 4.88. The fourth-order valence-electron chi connectivity index (χ4n) is 3.46. The first-order valence-corrected chi connectivity index (χ1v) is 11.7. The monoisotopic (exact) mass is 422 g/mol. The number of methoxy groups -OCH3 is 1. The van der Waals surface area contributed by atoms with Gasteiger partial charge in [0.05, 0.1) is 13.2 Å². The Labute approximate surface area is 170 Å². The minimum absolute atomic E-state index is 0.0418. The van der Waals surface area contributed by atoms with Crippen molar-refractivity contribution in [1.82, 2.24) is 9.62 Å². The van der Waals surface area contributed by atoms with Crippen LogP contribution in [0, 0.1) is 0 Å². The lowest BCUT2D eigenvalue weighted by molar-refractivity contribution is 0.0940. The van der Waals surface area contributed by atoms with Crippen molar-refractivity contribution < 1.29 is 17.9 Å². The number of thiophene rings is 1. The number of carbonyl (C=O) groups is 1. The van der Waals surface area contributed by atoms with Crippen molar-refractivity contribution in [2.75, 3.05) is 13.7 Å². The molecule has 1 amide bonds. The highest BCUT2D eigenvalue weighted by atomic mass is 32.2. The van der Waals surface area contributed by atoms with Crippen molar-refractivity contribution in [2.45, 2.75) is 50.1 Å². The topological polar surface area (TPSA) is 75.7 Å². The SMILES string of the molecule is COc1ccc(C(=O)N[C@H](C)c2cccs2)cc1S(=O)(=O)N1CCCC[C@@H]1C. The van der Waals surface area contributed by atoms with Crippen LogP contribution in [0.1, 0.15) is 54.4 Å². The number of amides is 1. The molecule has 0 aliphatic carbocycles. The molecule has 0 saturated carbocycles. The Balaban J connectivity index is 1.90. The summed E-state index contributed by atoms with van der Waals surface area (Å²) in [4.78, 5) is 13.8. The predicted octanol–water partition coefficient (Wildman–Crippen LogP) is 3.81. The molecule has 6 nitrogen and oxygen atoms in total. The molecule has 1 saturated heterocycles. The number of benzene rings is 1. The summed E-state index contributed by atoms with van der Waals surface area (Å²) >= 11 is 1.56. The molecule has 0 spiro atoms. The van der Waals surface area contributed by atoms with Gasteiger partial charge in [0.1, 0.15) is 10.6 Å². The summed E-state index contributed by atoms with van der Waals surface area (Å²) in [6.07, 6.45) is 2.69. The van der Waals surface area contributed by atoms with Gasteiger partial charge < -0.3 is 10.1 Å². The number of nitrogens with one attached hydrogen (secondary N) is 1. The second-order valence-electron chi connectivity index (χ2n) is 7.04. The summed E-state index contributed by atoms with van der Waals surface area (Å²) in [6.45, 7) is 4.31. The van der Waals surface area contributed by atoms with E-state index >= 15 is 0 Å². The molecule has 1 aliphatic heterocycles. The third-order valence-electron chi connectivity index (χ3n) is 5.07. The van der Waals surface area contributed by atoms with Crippen molar-refractivity contribution >= 4 is 27.3 Å². The molecule has 1 aromatic carbocycles. The van der Waals surface area contributed by atoms with Crippen molar-refractivity contribution in [3.8, 4) is 5.75 Å². The summed E-state index contributed by atoms with van der Waals surface area (Å²) in [5.41, 5.74) is 0.299. The van der Waals surface area contributed by atoms with Crippen LogP contribution in [0.15, 0.2) is 40.6 Å². The molecule has 1 N–H and O–H groups in total. The molecule has 2 atom stereocenters. The highest BCUT2D eigenvalue weighted by Crippen LogP contribution is 2.32. The highest BCUT2D eigenvalue weighted by molar-refractivity contribution is 7.89. The molecule has 3 rings (SSSR count). The lowest BCUT2D eigenvalue weighted by Crippen LogP contribution is -2.42. The first-order chi connectivity index (χ1) is 13.3. The van der Waals surface area contributed by atoms with Crippen LogP contribution in [0.25, 0.3) is 0 Å². The number of hydrogen-bond donors (Lipinski definition) is 1. The maximum atomic E-state index is 13.3. The first kappa shape index (κ1) is 20.8. The van der Waals surface area contributed by atoms with Crippen LogP contribution >= 0.6 is 11.3 Å². The third-order valence-corrected chi connectivity index (χ3v) is 8.16. The van der Waals surface area contributed by atoms with Gasteiger partial charge in [-0.25, -0.2) is 8.42 Å². The third kappa shape index (κ3) is 4.24. The van der Waals surface area contributed by atoms with Crippen molar-refractivity contribution in [1.29, 1.82) is 0 Å². The van der Waals surface area contributed by atoms with Gasteiger partial charge in [-0.1, -0.05) is 12.5 Å². The molecule has 152 valence electrons. The zero-order valence-corrected chi connectivity index (χ0v) is 18.0. The van der Waals surface area contributed by atoms with Crippen molar-refractivity contribution in [3.05, 3.63) is 46.2 Å². The molecule has 2 heterocycles. The fourth-order valence-corrected chi connectivity index (χ4v) is 6.08. The summed E-state index contributed by atoms with van der Waals surface area (Å²) in [5.74, 6) is -0.0627. The zero-order valence-electron chi connectivity index (χ0n) is 16.3. The average molecular weight is 423 g/mol. The van der Waals surface area contributed by atoms with Crippen molar-refractivity contribution in [2.24, 2.45) is 0 Å². The first-order valence-electron chi connectivity index (χ1n) is 9.38. The van der Waals surface area contributed by atoms with Crippen LogP contribution < -0.4 is 10.1 Å². The van der Waals surface area contributed by atoms with E-state index in [1.165, 1.54) is 17.5 Å². The summed E-state index contributed by atoms with van der Waals surface area (Å²) < 4.78 is 33.4. The molecule has 1 fully saturated rings. The van der Waals surface area contributed by atoms with Crippen LogP contribution in [0.3, 0.4) is 0 Å². The van der Waals surface area contributed by atoms with E-state index < -0.39 is 10.0 Å². The van der Waals surface area contributed by atoms with Crippen molar-refractivity contribution in [3.63, 3.8) is 0 Å². The Hall–Kier alpha value is -1.90. The number of ether oxygens (including phenoxy) is 1. The normalized spacial score (nSPS) is 19.2. The molecule has 1 aromatic heterocycles. The van der Waals surface area contributed by atoms with E-state index in [1.54, 1.807) is 23.5 Å². The number of piperidine rings is 1. The molecule has 28 heavy (non-hydrogen) atoms. The van der Waals surface area contributed by atoms with Crippen LogP contribution in [0.2, 0.25) is 0 Å². The van der Waals surface area contributed by atoms with Gasteiger partial charge in [-0.2, -0.15) is 4.31 Å². The fraction of sp³-hybridized carbons (Fsp3) is 0.450. The average Bonchev–Trinajstić information content (AvgIpc) is 3.22. The lowest BCUT2D eigenvalue weighted by atomic mass is 10.1. The molecular formula is C20H26N2O4S2. The molecule has 0 bridgehead atoms. The van der Waals surface area contributed by atoms with E-state index in [1.807, 2.05) is 31.4 Å². The van der Waals surface area contributed by atoms with Crippen LogP contribution in [-0.4, -0.2) is 38.3 Å². The largest absolute Gasteiger partial charge is 0.495 e. The highest BCUT2D eigenvalue weighted by Gasteiger charge is 2.33. The standard InChI is InChI=1S/C20H26N2O4S2/c1-14-7-4-5-11-22(14)28(24,25)19-13-16(9-10-17(19)26-3)20(23)21-15(2)18-8-6-12-27-18/h6,8-10,12-15H,4-5,7,11H2,1-3H3,(H,21,23)/t14-,15+/m0/s1. The summed E-state index contributed by atoms with van der Waals surface area (Å²) in [6, 6.07) is 8.22. The van der Waals surface area contributed by atoms with Gasteiger partial charge in [-0.15, -0.1) is 11.3 Å². The summed E-state index contributed by atoms with van der Waals surface area (Å²) in [7, 11) is -2.31. The number of carbonyl (C=O) groups excluding carboxylic acids is 1. The number of rotatable bonds is 6. The van der Waals surface area contributed by atoms with E-state index in [4.69, 9.17) is 4.74 Å². The maximum Gasteiger partial charge on any atom is 0.251 e. The molecule has 8 heteroatoms. The molecule has 2 aromatic rings. The Morgan fingerprint density at radius 2 is 2.11 bits per heavy atom. The van der Waals surface area contributed by atoms with Gasteiger partial charge >= 0.3 is 0 Å². The van der Waals surface area contributed by atoms with Gasteiger partial charge in [0.25, 0.3) is 5.91 Å². The second kappa shape index (κ2) is 8.63. The Kier molecular flexibility index (Phi) is 6.42. The van der Waals surface area contributed by atoms with Crippen LogP contribution in [0.4, 0.5) is 0 Å². The molecule has 1 aliphatic rings. The number of nitrogens with zero attached hydrogens (tertiary/aromatic N) is 1. The van der Waals surface area contributed by atoms with E-state index in [-0.39, 0.29) is 28.6 Å². The smallest absolute Gasteiger partial charge is 0.251 e. The van der Waals surface area contributed by atoms with Gasteiger partial charge in [0.2, 0.25) is 10.0 Å². The van der Waals surface area contributed by atoms with Gasteiger partial charge in [-0.05, 0) is 56.3 Å². The van der Waals surface area contributed by atoms with E-state index in [0.29, 0.717) is 12.1 Å². The number of sulfonamides is 1. The zero-order chi connectivity index (χ0) is 20.3. The number of hydrogen-bond acceptors (Lipinski definition) is 5. The Bertz CT molecular complexity index is 926. The minimum atomic E-state index is -3.75. The van der Waals surface area contributed by atoms with Gasteiger partial charge in [-0.3, -0.25) is 4.79 Å². The molecular weight excluding hydrogens is 396 g/mol. The second-order valence-corrected chi connectivity index (χ2v) is 9.88. The predicted molar refractivity (Wildman–Crippen MR) is 110 cm³/mol. The van der Waals surface area contributed by atoms with Crippen LogP contribution in [-0.2, 0) is 10.0 Å². The van der Waals surface area contributed by atoms with Gasteiger partial charge in [0.15, 0.2) is 0 Å². The van der Waals surface area contributed by atoms with E-state index in [9.17, 15) is 13.2 Å². The molecule has 0 unspecified atom stereocenters.